The largest absolute Gasteiger partial charge is 0.481 e. The molecule has 0 radical (unpaired) electrons. The third-order valence-electron chi connectivity index (χ3n) is 5.81. The van der Waals surface area contributed by atoms with Gasteiger partial charge in [-0.1, -0.05) is 24.3 Å². The normalized spacial score (nSPS) is 25.5. The van der Waals surface area contributed by atoms with Gasteiger partial charge in [-0.15, -0.1) is 0 Å². The zero-order valence-electron chi connectivity index (χ0n) is 14.8. The van der Waals surface area contributed by atoms with E-state index < -0.39 is 11.9 Å². The molecule has 2 atom stereocenters. The Bertz CT molecular complexity index is 743. The number of carbonyl (C=O) groups is 3. The molecular weight excluding hydrogens is 332 g/mol. The van der Waals surface area contributed by atoms with Gasteiger partial charge in [0, 0.05) is 32.1 Å². The molecule has 1 aromatic carbocycles. The van der Waals surface area contributed by atoms with Crippen molar-refractivity contribution >= 4 is 17.8 Å². The molecule has 2 fully saturated rings. The zero-order valence-corrected chi connectivity index (χ0v) is 14.8. The summed E-state index contributed by atoms with van der Waals surface area (Å²) in [5, 5.41) is 9.59. The summed E-state index contributed by atoms with van der Waals surface area (Å²) in [6.07, 6.45) is 3.54. The van der Waals surface area contributed by atoms with Crippen molar-refractivity contribution in [3.05, 3.63) is 35.4 Å². The van der Waals surface area contributed by atoms with Crippen LogP contribution in [0.3, 0.4) is 0 Å². The number of carboxylic acids is 1. The third-order valence-corrected chi connectivity index (χ3v) is 5.81. The molecule has 1 saturated heterocycles. The smallest absolute Gasteiger partial charge is 0.312 e. The van der Waals surface area contributed by atoms with Gasteiger partial charge in [-0.2, -0.15) is 0 Å². The molecule has 1 aliphatic carbocycles. The summed E-state index contributed by atoms with van der Waals surface area (Å²) in [6, 6.07) is 7.46. The van der Waals surface area contributed by atoms with Crippen LogP contribution in [0.5, 0.6) is 0 Å². The summed E-state index contributed by atoms with van der Waals surface area (Å²) >= 11 is 0. The van der Waals surface area contributed by atoms with E-state index in [1.54, 1.807) is 4.90 Å². The van der Waals surface area contributed by atoms with Gasteiger partial charge < -0.3 is 14.9 Å². The number of hydrogen-bond acceptors (Lipinski definition) is 3. The van der Waals surface area contributed by atoms with Gasteiger partial charge in [0.15, 0.2) is 0 Å². The number of amides is 2. The fourth-order valence-electron chi connectivity index (χ4n) is 4.21. The summed E-state index contributed by atoms with van der Waals surface area (Å²) in [5.74, 6) is -1.46. The van der Waals surface area contributed by atoms with Gasteiger partial charge in [0.2, 0.25) is 11.8 Å². The number of aliphatic carboxylic acids is 1. The van der Waals surface area contributed by atoms with Gasteiger partial charge in [0.1, 0.15) is 0 Å². The number of benzene rings is 1. The fraction of sp³-hybridized carbons (Fsp3) is 0.550. The molecule has 26 heavy (non-hydrogen) atoms. The average molecular weight is 356 g/mol. The van der Waals surface area contributed by atoms with E-state index >= 15 is 0 Å². The minimum absolute atomic E-state index is 0.0148. The first-order valence-electron chi connectivity index (χ1n) is 9.42. The molecule has 3 aliphatic rings. The lowest BCUT2D eigenvalue weighted by atomic mass is 9.88. The van der Waals surface area contributed by atoms with Gasteiger partial charge in [0.05, 0.1) is 11.8 Å². The Balaban J connectivity index is 1.49. The predicted molar refractivity (Wildman–Crippen MR) is 94.3 cm³/mol. The molecule has 1 aromatic rings. The van der Waals surface area contributed by atoms with E-state index in [2.05, 4.69) is 0 Å². The third kappa shape index (κ3) is 3.20. The van der Waals surface area contributed by atoms with Crippen LogP contribution in [0.15, 0.2) is 24.3 Å². The second-order valence-electron chi connectivity index (χ2n) is 7.71. The highest BCUT2D eigenvalue weighted by Gasteiger charge is 2.39. The quantitative estimate of drug-likeness (QED) is 0.896. The standard InChI is InChI=1S/C20H24N2O4/c23-18(13-7-8-13)21-9-3-5-15(11-21)19(24)22-10-14-4-1-2-6-16(14)17(12-22)20(25)26/h1-2,4,6,13,15,17H,3,5,7-12H2,(H,25,26). The molecular formula is C20H24N2O4. The van der Waals surface area contributed by atoms with Gasteiger partial charge in [-0.25, -0.2) is 0 Å². The van der Waals surface area contributed by atoms with Crippen molar-refractivity contribution in [3.63, 3.8) is 0 Å². The van der Waals surface area contributed by atoms with Crippen molar-refractivity contribution in [2.75, 3.05) is 19.6 Å². The minimum Gasteiger partial charge on any atom is -0.481 e. The molecule has 1 saturated carbocycles. The van der Waals surface area contributed by atoms with Crippen LogP contribution in [0, 0.1) is 11.8 Å². The number of rotatable bonds is 3. The summed E-state index contributed by atoms with van der Waals surface area (Å²) in [7, 11) is 0. The Morgan fingerprint density at radius 3 is 2.38 bits per heavy atom. The zero-order chi connectivity index (χ0) is 18.3. The maximum absolute atomic E-state index is 13.1. The highest BCUT2D eigenvalue weighted by molar-refractivity contribution is 5.85. The van der Waals surface area contributed by atoms with Crippen molar-refractivity contribution in [3.8, 4) is 0 Å². The summed E-state index contributed by atoms with van der Waals surface area (Å²) in [6.45, 7) is 1.87. The van der Waals surface area contributed by atoms with Gasteiger partial charge in [-0.05, 0) is 36.8 Å². The van der Waals surface area contributed by atoms with Gasteiger partial charge in [-0.3, -0.25) is 14.4 Å². The Kier molecular flexibility index (Phi) is 4.42. The highest BCUT2D eigenvalue weighted by atomic mass is 16.4. The van der Waals surface area contributed by atoms with Crippen molar-refractivity contribution in [1.82, 2.24) is 9.80 Å². The van der Waals surface area contributed by atoms with Crippen LogP contribution in [0.4, 0.5) is 0 Å². The first kappa shape index (κ1) is 17.1. The Morgan fingerprint density at radius 2 is 1.65 bits per heavy atom. The molecule has 0 bridgehead atoms. The number of nitrogens with zero attached hydrogens (tertiary/aromatic N) is 2. The highest BCUT2D eigenvalue weighted by Crippen LogP contribution is 2.34. The number of fused-ring (bicyclic) bond motifs is 1. The average Bonchev–Trinajstić information content (AvgIpc) is 3.51. The Hall–Kier alpha value is -2.37. The number of piperidine rings is 1. The molecule has 2 amide bonds. The van der Waals surface area contributed by atoms with Crippen molar-refractivity contribution < 1.29 is 19.5 Å². The van der Waals surface area contributed by atoms with Crippen LogP contribution < -0.4 is 0 Å². The van der Waals surface area contributed by atoms with E-state index in [-0.39, 0.29) is 30.2 Å². The van der Waals surface area contributed by atoms with E-state index in [1.807, 2.05) is 29.2 Å². The Labute approximate surface area is 152 Å². The number of likely N-dealkylation sites (tertiary alicyclic amines) is 1. The van der Waals surface area contributed by atoms with E-state index in [0.717, 1.165) is 43.4 Å². The fourth-order valence-corrected chi connectivity index (χ4v) is 4.21. The number of hydrogen-bond donors (Lipinski definition) is 1. The van der Waals surface area contributed by atoms with E-state index in [1.165, 1.54) is 0 Å². The molecule has 2 aliphatic heterocycles. The first-order valence-corrected chi connectivity index (χ1v) is 9.42. The summed E-state index contributed by atoms with van der Waals surface area (Å²) in [5.41, 5.74) is 1.71. The molecule has 0 aromatic heterocycles. The monoisotopic (exact) mass is 356 g/mol. The van der Waals surface area contributed by atoms with E-state index in [9.17, 15) is 19.5 Å². The second kappa shape index (κ2) is 6.74. The van der Waals surface area contributed by atoms with Gasteiger partial charge in [0.25, 0.3) is 0 Å². The van der Waals surface area contributed by atoms with Crippen LogP contribution >= 0.6 is 0 Å². The number of carbonyl (C=O) groups excluding carboxylic acids is 2. The molecule has 2 unspecified atom stereocenters. The van der Waals surface area contributed by atoms with Crippen LogP contribution in [0.1, 0.15) is 42.7 Å². The summed E-state index contributed by atoms with van der Waals surface area (Å²) in [4.78, 5) is 40.6. The van der Waals surface area contributed by atoms with Crippen LogP contribution in [-0.4, -0.2) is 52.3 Å². The van der Waals surface area contributed by atoms with Gasteiger partial charge >= 0.3 is 5.97 Å². The Morgan fingerprint density at radius 1 is 0.923 bits per heavy atom. The molecule has 6 nitrogen and oxygen atoms in total. The second-order valence-corrected chi connectivity index (χ2v) is 7.71. The van der Waals surface area contributed by atoms with Crippen molar-refractivity contribution in [2.24, 2.45) is 11.8 Å². The van der Waals surface area contributed by atoms with Crippen LogP contribution in [-0.2, 0) is 20.9 Å². The summed E-state index contributed by atoms with van der Waals surface area (Å²) < 4.78 is 0. The lowest BCUT2D eigenvalue weighted by molar-refractivity contribution is -0.144. The maximum atomic E-state index is 13.1. The molecule has 2 heterocycles. The molecule has 6 heteroatoms. The first-order chi connectivity index (χ1) is 12.5. The molecule has 138 valence electrons. The van der Waals surface area contributed by atoms with Crippen molar-refractivity contribution in [2.45, 2.75) is 38.1 Å². The van der Waals surface area contributed by atoms with E-state index in [0.29, 0.717) is 13.1 Å². The lowest BCUT2D eigenvalue weighted by Crippen LogP contribution is -2.49. The topological polar surface area (TPSA) is 77.9 Å². The van der Waals surface area contributed by atoms with Crippen LogP contribution in [0.25, 0.3) is 0 Å². The molecule has 0 spiro atoms. The molecule has 4 rings (SSSR count). The number of carboxylic acid groups (broad SMARTS) is 1. The van der Waals surface area contributed by atoms with Crippen LogP contribution in [0.2, 0.25) is 0 Å². The lowest BCUT2D eigenvalue weighted by Gasteiger charge is -2.38. The predicted octanol–water partition coefficient (Wildman–Crippen LogP) is 1.85. The molecule has 1 N–H and O–H groups in total. The minimum atomic E-state index is -0.899. The van der Waals surface area contributed by atoms with E-state index in [4.69, 9.17) is 0 Å². The van der Waals surface area contributed by atoms with Crippen molar-refractivity contribution in [1.29, 1.82) is 0 Å². The SMILES string of the molecule is O=C(O)C1CN(C(=O)C2CCCN(C(=O)C3CC3)C2)Cc2ccccc21. The maximum Gasteiger partial charge on any atom is 0.312 e.